The number of aliphatic hydroxyl groups excluding tert-OH is 1. The molecular formula is C75H96N18O6. The summed E-state index contributed by atoms with van der Waals surface area (Å²) in [6, 6.07) is 34.8. The summed E-state index contributed by atoms with van der Waals surface area (Å²) in [5.41, 5.74) is 22.9. The fraction of sp³-hybridized carbons (Fsp3) is 0.413. The molecule has 4 aliphatic heterocycles. The molecule has 24 heteroatoms. The van der Waals surface area contributed by atoms with Gasteiger partial charge in [0, 0.05) is 186 Å². The third kappa shape index (κ3) is 19.6. The Bertz CT molecular complexity index is 4230. The number of nitrogens with one attached hydrogen (secondary N) is 4. The van der Waals surface area contributed by atoms with Crippen LogP contribution in [-0.2, 0) is 102 Å². The van der Waals surface area contributed by atoms with Gasteiger partial charge in [0.05, 0.1) is 38.8 Å². The number of anilines is 8. The van der Waals surface area contributed by atoms with Gasteiger partial charge in [0.1, 0.15) is 0 Å². The predicted molar refractivity (Wildman–Crippen MR) is 386 cm³/mol. The number of aliphatic hydroxyl groups is 1. The number of carbonyl (C=O) groups is 5. The number of nitriles is 1. The second kappa shape index (κ2) is 34.6. The summed E-state index contributed by atoms with van der Waals surface area (Å²) in [5, 5.41) is 50.4. The lowest BCUT2D eigenvalue weighted by molar-refractivity contribution is -0.130. The summed E-state index contributed by atoms with van der Waals surface area (Å²) in [5.74, 6) is 3.21. The summed E-state index contributed by atoms with van der Waals surface area (Å²) in [4.78, 5) is 65.6. The Labute approximate surface area is 580 Å². The van der Waals surface area contributed by atoms with Gasteiger partial charge in [-0.2, -0.15) is 25.7 Å². The van der Waals surface area contributed by atoms with Crippen LogP contribution in [0.15, 0.2) is 109 Å². The van der Waals surface area contributed by atoms with E-state index >= 15 is 0 Å². The molecular weight excluding hydrogens is 1250 g/mol. The van der Waals surface area contributed by atoms with Crippen LogP contribution >= 0.6 is 0 Å². The van der Waals surface area contributed by atoms with Crippen molar-refractivity contribution in [2.24, 2.45) is 5.73 Å². The third-order valence-corrected chi connectivity index (χ3v) is 17.9. The van der Waals surface area contributed by atoms with Gasteiger partial charge in [-0.3, -0.25) is 42.7 Å². The maximum Gasteiger partial charge on any atom is 0.219 e. The summed E-state index contributed by atoms with van der Waals surface area (Å²) in [6.45, 7) is 24.7. The minimum absolute atomic E-state index is 0.0528. The zero-order valence-electron chi connectivity index (χ0n) is 58.8. The molecule has 0 bridgehead atoms. The number of aromatic nitrogens is 8. The smallest absolute Gasteiger partial charge is 0.219 e. The SMILES string of the molecule is C/C=C/CCn1nc(Nc2cccc(C)c2)c2c1CCN(C(C)=O)C2.CC(=O)N1CCc2c(c(Nc3cccc(C)c3)nn2CCC(N)=O)C1.CC(=O)N1CCc2c(c(Nc3cccc(C)c3)nn2CCCC#N)C1.CC(=O)N1CCc2c(c(Nc3cccc(C)c3)nn2CCCO)C1. The molecule has 0 unspecified atom stereocenters. The second-order valence-electron chi connectivity index (χ2n) is 25.6. The number of fused-ring (bicyclic) bond motifs is 4. The number of allylic oxidation sites excluding steroid dienone is 2. The molecule has 0 saturated carbocycles. The number of benzene rings is 4. The van der Waals surface area contributed by atoms with E-state index in [0.717, 1.165) is 156 Å². The van der Waals surface area contributed by atoms with Crippen LogP contribution in [0.5, 0.6) is 0 Å². The van der Waals surface area contributed by atoms with Crippen LogP contribution in [0.1, 0.15) is 134 Å². The Hall–Kier alpha value is -10.5. The summed E-state index contributed by atoms with van der Waals surface area (Å²) >= 11 is 0. The van der Waals surface area contributed by atoms with Crippen LogP contribution < -0.4 is 27.0 Å². The summed E-state index contributed by atoms with van der Waals surface area (Å²) in [7, 11) is 0. The molecule has 8 aromatic rings. The fourth-order valence-corrected chi connectivity index (χ4v) is 12.7. The van der Waals surface area contributed by atoms with Crippen molar-refractivity contribution in [3.63, 3.8) is 0 Å². The molecule has 0 radical (unpaired) electrons. The Balaban J connectivity index is 0.000000154. The number of hydrogen-bond acceptors (Lipinski definition) is 15. The number of primary amides is 1. The summed E-state index contributed by atoms with van der Waals surface area (Å²) < 4.78 is 7.92. The third-order valence-electron chi connectivity index (χ3n) is 17.9. The number of aryl methyl sites for hydroxylation is 8. The van der Waals surface area contributed by atoms with Gasteiger partial charge in [0.15, 0.2) is 23.3 Å². The fourth-order valence-electron chi connectivity index (χ4n) is 12.7. The van der Waals surface area contributed by atoms with E-state index < -0.39 is 0 Å². The molecule has 24 nitrogen and oxygen atoms in total. The highest BCUT2D eigenvalue weighted by molar-refractivity contribution is 5.77. The molecule has 7 N–H and O–H groups in total. The van der Waals surface area contributed by atoms with Crippen molar-refractivity contribution in [2.75, 3.05) is 54.1 Å². The number of carbonyl (C=O) groups excluding carboxylic acids is 5. The molecule has 5 amide bonds. The molecule has 4 aromatic heterocycles. The highest BCUT2D eigenvalue weighted by atomic mass is 16.3. The van der Waals surface area contributed by atoms with Crippen molar-refractivity contribution in [1.29, 1.82) is 5.26 Å². The van der Waals surface area contributed by atoms with Crippen LogP contribution in [0, 0.1) is 39.0 Å². The van der Waals surface area contributed by atoms with Crippen LogP contribution in [-0.4, -0.2) is 126 Å². The van der Waals surface area contributed by atoms with Gasteiger partial charge < -0.3 is 51.7 Å². The van der Waals surface area contributed by atoms with Crippen molar-refractivity contribution < 1.29 is 29.1 Å². The van der Waals surface area contributed by atoms with Gasteiger partial charge in [0.25, 0.3) is 0 Å². The minimum Gasteiger partial charge on any atom is -0.396 e. The summed E-state index contributed by atoms with van der Waals surface area (Å²) in [6.07, 6.45) is 10.6. The van der Waals surface area contributed by atoms with Crippen molar-refractivity contribution >= 4 is 75.6 Å². The van der Waals surface area contributed by atoms with Crippen LogP contribution in [0.25, 0.3) is 0 Å². The van der Waals surface area contributed by atoms with Gasteiger partial charge in [0.2, 0.25) is 29.5 Å². The first kappa shape index (κ1) is 72.7. The molecule has 4 aromatic carbocycles. The lowest BCUT2D eigenvalue weighted by Crippen LogP contribution is -2.34. The number of hydrogen-bond donors (Lipinski definition) is 6. The quantitative estimate of drug-likeness (QED) is 0.0305. The highest BCUT2D eigenvalue weighted by Gasteiger charge is 2.31. The van der Waals surface area contributed by atoms with Gasteiger partial charge in [-0.1, -0.05) is 60.7 Å². The Morgan fingerprint density at radius 3 is 1.06 bits per heavy atom. The van der Waals surface area contributed by atoms with Gasteiger partial charge in [-0.15, -0.1) is 0 Å². The van der Waals surface area contributed by atoms with E-state index in [1.807, 2.05) is 108 Å². The van der Waals surface area contributed by atoms with Crippen molar-refractivity contribution in [2.45, 2.75) is 172 Å². The predicted octanol–water partition coefficient (Wildman–Crippen LogP) is 10.9. The zero-order chi connectivity index (χ0) is 70.7. The first-order valence-corrected chi connectivity index (χ1v) is 34.3. The number of nitrogens with two attached hydrogens (primary N) is 1. The van der Waals surface area contributed by atoms with E-state index in [9.17, 15) is 24.0 Å². The molecule has 0 aliphatic carbocycles. The van der Waals surface area contributed by atoms with E-state index in [-0.39, 0.29) is 42.6 Å². The number of amides is 5. The topological polar surface area (TPSA) is 288 Å². The molecule has 522 valence electrons. The molecule has 0 fully saturated rings. The number of nitrogens with zero attached hydrogens (tertiary/aromatic N) is 13. The molecule has 0 spiro atoms. The van der Waals surface area contributed by atoms with E-state index in [4.69, 9.17) is 31.4 Å². The van der Waals surface area contributed by atoms with Gasteiger partial charge in [-0.25, -0.2) is 0 Å². The van der Waals surface area contributed by atoms with Gasteiger partial charge >= 0.3 is 0 Å². The maximum atomic E-state index is 11.8. The average molecular weight is 1350 g/mol. The molecule has 99 heavy (non-hydrogen) atoms. The lowest BCUT2D eigenvalue weighted by Gasteiger charge is -2.26. The largest absolute Gasteiger partial charge is 0.396 e. The minimum atomic E-state index is -0.349. The molecule has 0 atom stereocenters. The molecule has 8 heterocycles. The molecule has 12 rings (SSSR count). The first-order chi connectivity index (χ1) is 47.7. The van der Waals surface area contributed by atoms with Crippen molar-refractivity contribution in [3.8, 4) is 6.07 Å². The second-order valence-corrected chi connectivity index (χ2v) is 25.6. The monoisotopic (exact) mass is 1340 g/mol. The Morgan fingerprint density at radius 1 is 0.485 bits per heavy atom. The Morgan fingerprint density at radius 2 is 0.788 bits per heavy atom. The van der Waals surface area contributed by atoms with E-state index in [0.29, 0.717) is 58.7 Å². The normalized spacial score (nSPS) is 13.6. The lowest BCUT2D eigenvalue weighted by atomic mass is 10.1. The standard InChI is InChI=1S/C20H26N4O.C19H23N5O.C18H23N5O2.C18H24N4O2/c1-4-5-6-11-24-19-10-12-23(16(3)25)14-18(19)20(22-24)21-17-9-7-8-15(2)13-17;1-14-6-5-7-16(12-14)21-19-17-13-23(15(2)25)11-8-18(17)24(22-19)10-4-3-9-20;1-12-4-3-5-14(10-12)20-18-15-11-22(13(2)24)8-6-16(15)23(21-18)9-7-17(19)25;1-13-5-3-6-15(11-13)19-18-16-12-21(14(2)24)9-7-17(16)22(20-18)8-4-10-23/h4-5,7-9,13H,6,10-12,14H2,1-3H3,(H,21,22);5-7,12H,3-4,8,10-11,13H2,1-2H3,(H,21,22);3-5,10H,6-9,11H2,1-2H3,(H2,19,25)(H,20,21);3,5-6,11,23H,4,7-10,12H2,1-2H3,(H,19,20)/b5-4+;;;. The zero-order valence-corrected chi connectivity index (χ0v) is 58.8. The van der Waals surface area contributed by atoms with E-state index in [1.54, 1.807) is 27.7 Å². The maximum absolute atomic E-state index is 11.8. The van der Waals surface area contributed by atoms with Crippen LogP contribution in [0.3, 0.4) is 0 Å². The van der Waals surface area contributed by atoms with Crippen LogP contribution in [0.2, 0.25) is 0 Å². The average Bonchev–Trinajstić information content (AvgIpc) is 1.66. The Kier molecular flexibility index (Phi) is 25.4. The molecule has 4 aliphatic rings. The van der Waals surface area contributed by atoms with Gasteiger partial charge in [-0.05, 0) is 125 Å². The van der Waals surface area contributed by atoms with E-state index in [1.165, 1.54) is 28.1 Å². The first-order valence-electron chi connectivity index (χ1n) is 34.3. The highest BCUT2D eigenvalue weighted by Crippen LogP contribution is 2.34. The number of rotatable bonds is 20. The number of unbranched alkanes of at least 4 members (excludes halogenated alkanes) is 1. The van der Waals surface area contributed by atoms with Crippen molar-refractivity contribution in [3.05, 3.63) is 176 Å². The van der Waals surface area contributed by atoms with Crippen LogP contribution in [0.4, 0.5) is 46.0 Å². The van der Waals surface area contributed by atoms with E-state index in [2.05, 4.69) is 106 Å². The molecule has 0 saturated heterocycles. The van der Waals surface area contributed by atoms with Crippen molar-refractivity contribution in [1.82, 2.24) is 58.7 Å².